The number of carboxylic acid groups (broad SMARTS) is 1. The predicted molar refractivity (Wildman–Crippen MR) is 230 cm³/mol. The molecule has 0 unspecified atom stereocenters. The van der Waals surface area contributed by atoms with Crippen molar-refractivity contribution < 1.29 is 79.2 Å². The molecule has 2 heterocycles. The van der Waals surface area contributed by atoms with Crippen LogP contribution in [0.2, 0.25) is 0 Å². The summed E-state index contributed by atoms with van der Waals surface area (Å²) in [4.78, 5) is 25.8. The van der Waals surface area contributed by atoms with Gasteiger partial charge in [0.05, 0.1) is 31.0 Å². The van der Waals surface area contributed by atoms with Crippen molar-refractivity contribution in [1.82, 2.24) is 0 Å². The van der Waals surface area contributed by atoms with Gasteiger partial charge in [-0.15, -0.1) is 0 Å². The van der Waals surface area contributed by atoms with Crippen LogP contribution in [0.15, 0.2) is 42.0 Å². The lowest BCUT2D eigenvalue weighted by Crippen LogP contribution is -2.68. The third kappa shape index (κ3) is 7.56. The number of fused-ring (bicyclic) bond motifs is 7. The third-order valence-electron chi connectivity index (χ3n) is 18.7. The Balaban J connectivity index is 1.03. The van der Waals surface area contributed by atoms with E-state index in [4.69, 9.17) is 23.7 Å². The number of aliphatic carboxylic acids is 1. The number of carbonyl (C=O) groups excluding carboxylic acids is 1. The normalized spacial score (nSPS) is 48.9. The number of carbonyl (C=O) groups is 2. The SMILES string of the molecule is CC1(C)C[C@H]2C3=CC[C@@H]4[C@@]5(C)CC[C@H](O[C@@H]6O[C@@H](C(=O)O)[C@H](O)[C@H](O[C@@H]7O[C@@H](CO)[C@H](O)[C@H](O)[C@@H]7O)[C@@H]6O)C(C)(C)[C@@H]5CC[C@@]4(C)[C@]3(C)C[C@H](O)[C@@]2(CO)C[C@H]1OC(=O)c1ccccc1. The number of hydrogen-bond donors (Lipinski definition) is 9. The Labute approximate surface area is 380 Å². The Kier molecular flexibility index (Phi) is 12.9. The summed E-state index contributed by atoms with van der Waals surface area (Å²) in [7, 11) is 0. The van der Waals surface area contributed by atoms with Crippen LogP contribution in [0.1, 0.15) is 110 Å². The highest BCUT2D eigenvalue weighted by molar-refractivity contribution is 5.89. The lowest BCUT2D eigenvalue weighted by Gasteiger charge is -2.72. The van der Waals surface area contributed by atoms with E-state index in [1.807, 2.05) is 6.07 Å². The minimum atomic E-state index is -1.96. The highest BCUT2D eigenvalue weighted by atomic mass is 16.7. The van der Waals surface area contributed by atoms with Crippen molar-refractivity contribution in [3.63, 3.8) is 0 Å². The molecule has 6 fully saturated rings. The molecule has 9 N–H and O–H groups in total. The second-order valence-electron chi connectivity index (χ2n) is 22.6. The van der Waals surface area contributed by atoms with Gasteiger partial charge in [-0.25, -0.2) is 9.59 Å². The number of aliphatic hydroxyl groups is 8. The zero-order valence-corrected chi connectivity index (χ0v) is 38.7. The first-order valence-electron chi connectivity index (χ1n) is 23.5. The topological polar surface area (TPSA) is 262 Å². The molecule has 16 heteroatoms. The first kappa shape index (κ1) is 48.9. The number of esters is 1. The Morgan fingerprint density at radius 2 is 1.42 bits per heavy atom. The number of rotatable bonds is 9. The molecular formula is C49H72O16. The lowest BCUT2D eigenvalue weighted by atomic mass is 9.33. The van der Waals surface area contributed by atoms with Crippen LogP contribution in [-0.4, -0.2) is 151 Å². The lowest BCUT2D eigenvalue weighted by molar-refractivity contribution is -0.365. The van der Waals surface area contributed by atoms with Crippen molar-refractivity contribution in [2.24, 2.45) is 50.2 Å². The molecule has 364 valence electrons. The highest BCUT2D eigenvalue weighted by Gasteiger charge is 2.71. The van der Waals surface area contributed by atoms with E-state index in [9.17, 15) is 55.5 Å². The third-order valence-corrected chi connectivity index (χ3v) is 18.7. The number of benzene rings is 1. The van der Waals surface area contributed by atoms with E-state index in [1.54, 1.807) is 24.3 Å². The van der Waals surface area contributed by atoms with E-state index in [1.165, 1.54) is 5.57 Å². The average molecular weight is 917 g/mol. The van der Waals surface area contributed by atoms with E-state index in [0.29, 0.717) is 31.2 Å². The maximum atomic E-state index is 13.4. The van der Waals surface area contributed by atoms with Crippen LogP contribution in [0.3, 0.4) is 0 Å². The minimum absolute atomic E-state index is 0.104. The molecule has 1 aromatic rings. The summed E-state index contributed by atoms with van der Waals surface area (Å²) in [6.07, 6.45) is -11.8. The molecule has 0 amide bonds. The van der Waals surface area contributed by atoms with E-state index in [0.717, 1.165) is 25.7 Å². The molecular weight excluding hydrogens is 845 g/mol. The van der Waals surface area contributed by atoms with E-state index in [-0.39, 0.29) is 35.2 Å². The van der Waals surface area contributed by atoms with Gasteiger partial charge >= 0.3 is 11.9 Å². The molecule has 20 atom stereocenters. The Bertz CT molecular complexity index is 1960. The average Bonchev–Trinajstić information content (AvgIpc) is 3.25. The van der Waals surface area contributed by atoms with Crippen molar-refractivity contribution in [2.45, 2.75) is 180 Å². The van der Waals surface area contributed by atoms with Gasteiger partial charge in [-0.3, -0.25) is 0 Å². The van der Waals surface area contributed by atoms with Crippen LogP contribution in [0.4, 0.5) is 0 Å². The number of ether oxygens (including phenoxy) is 5. The Morgan fingerprint density at radius 1 is 0.738 bits per heavy atom. The van der Waals surface area contributed by atoms with Crippen molar-refractivity contribution >= 4 is 11.9 Å². The molecule has 5 aliphatic carbocycles. The summed E-state index contributed by atoms with van der Waals surface area (Å²) >= 11 is 0. The van der Waals surface area contributed by atoms with Gasteiger partial charge in [0.15, 0.2) is 18.7 Å². The highest BCUT2D eigenvalue weighted by Crippen LogP contribution is 2.76. The van der Waals surface area contributed by atoms with Gasteiger partial charge in [-0.1, -0.05) is 78.3 Å². The standard InChI is InChI=1S/C49H72O16/c1-44(2)19-26-25-13-14-29-46(5)17-16-31(63-43-37(57)38(36(56)39(65-43)40(58)59)64-42-35(55)34(54)33(53)27(22-50)61-42)45(3,4)28(46)15-18-47(29,6)48(25,7)20-30(52)49(26,23-51)21-32(44)62-41(60)24-11-9-8-10-12-24/h8-13,26-39,42-43,50-57H,14-23H2,1-7H3,(H,58,59)/t26-,27-,28-,29+,30-,31-,32+,33-,34-,35-,36+,37-,38-,39+,42-,43+,46-,47+,48+,49+/m0/s1. The molecule has 8 rings (SSSR count). The molecule has 0 spiro atoms. The summed E-state index contributed by atoms with van der Waals surface area (Å²) in [6.45, 7) is 14.6. The van der Waals surface area contributed by atoms with Crippen LogP contribution in [0.5, 0.6) is 0 Å². The number of allylic oxidation sites excluding steroid dienone is 2. The van der Waals surface area contributed by atoms with Crippen LogP contribution in [0.25, 0.3) is 0 Å². The summed E-state index contributed by atoms with van der Waals surface area (Å²) in [5, 5.41) is 97.5. The van der Waals surface area contributed by atoms with Gasteiger partial charge in [0.25, 0.3) is 0 Å². The monoisotopic (exact) mass is 916 g/mol. The summed E-state index contributed by atoms with van der Waals surface area (Å²) in [5.41, 5.74) is -0.973. The second kappa shape index (κ2) is 17.1. The van der Waals surface area contributed by atoms with Crippen LogP contribution in [0, 0.1) is 50.2 Å². The fraction of sp³-hybridized carbons (Fsp3) is 0.796. The Morgan fingerprint density at radius 3 is 2.06 bits per heavy atom. The molecule has 2 aliphatic heterocycles. The number of aliphatic hydroxyl groups excluding tert-OH is 8. The van der Waals surface area contributed by atoms with Crippen molar-refractivity contribution in [3.8, 4) is 0 Å². The maximum absolute atomic E-state index is 13.4. The second-order valence-corrected chi connectivity index (χ2v) is 22.6. The quantitative estimate of drug-likeness (QED) is 0.0980. The molecule has 1 aromatic carbocycles. The van der Waals surface area contributed by atoms with Gasteiger partial charge in [0.2, 0.25) is 0 Å². The van der Waals surface area contributed by atoms with E-state index < -0.39 is 120 Å². The van der Waals surface area contributed by atoms with E-state index >= 15 is 0 Å². The van der Waals surface area contributed by atoms with Gasteiger partial charge in [0, 0.05) is 10.8 Å². The van der Waals surface area contributed by atoms with Crippen LogP contribution >= 0.6 is 0 Å². The molecule has 0 radical (unpaired) electrons. The molecule has 2 saturated heterocycles. The fourth-order valence-corrected chi connectivity index (χ4v) is 14.7. The smallest absolute Gasteiger partial charge is 0.338 e. The van der Waals surface area contributed by atoms with Gasteiger partial charge < -0.3 is 69.6 Å². The number of hydrogen-bond acceptors (Lipinski definition) is 15. The molecule has 16 nitrogen and oxygen atoms in total. The van der Waals surface area contributed by atoms with Gasteiger partial charge in [-0.2, -0.15) is 0 Å². The Hall–Kier alpha value is -2.58. The molecule has 7 aliphatic rings. The molecule has 65 heavy (non-hydrogen) atoms. The summed E-state index contributed by atoms with van der Waals surface area (Å²) in [6, 6.07) is 8.89. The maximum Gasteiger partial charge on any atom is 0.338 e. The summed E-state index contributed by atoms with van der Waals surface area (Å²) in [5.74, 6) is -1.79. The van der Waals surface area contributed by atoms with Crippen LogP contribution in [-0.2, 0) is 28.5 Å². The zero-order valence-electron chi connectivity index (χ0n) is 38.7. The molecule has 4 saturated carbocycles. The van der Waals surface area contributed by atoms with Gasteiger partial charge in [-0.05, 0) is 103 Å². The first-order chi connectivity index (χ1) is 30.4. The predicted octanol–water partition coefficient (Wildman–Crippen LogP) is 2.69. The summed E-state index contributed by atoms with van der Waals surface area (Å²) < 4.78 is 29.8. The van der Waals surface area contributed by atoms with Gasteiger partial charge in [0.1, 0.15) is 48.8 Å². The van der Waals surface area contributed by atoms with E-state index in [2.05, 4.69) is 54.5 Å². The van der Waals surface area contributed by atoms with Crippen molar-refractivity contribution in [1.29, 1.82) is 0 Å². The zero-order chi connectivity index (χ0) is 47.4. The number of carboxylic acids is 1. The molecule has 0 bridgehead atoms. The van der Waals surface area contributed by atoms with Crippen molar-refractivity contribution in [3.05, 3.63) is 47.5 Å². The first-order valence-corrected chi connectivity index (χ1v) is 23.5. The fourth-order valence-electron chi connectivity index (χ4n) is 14.7. The molecule has 0 aromatic heterocycles. The minimum Gasteiger partial charge on any atom is -0.479 e. The van der Waals surface area contributed by atoms with Crippen molar-refractivity contribution in [2.75, 3.05) is 13.2 Å². The van der Waals surface area contributed by atoms with Crippen LogP contribution < -0.4 is 0 Å². The largest absolute Gasteiger partial charge is 0.479 e.